The third kappa shape index (κ3) is 4.46. The topological polar surface area (TPSA) is 35.5 Å². The molecule has 0 saturated heterocycles. The van der Waals surface area contributed by atoms with E-state index in [0.29, 0.717) is 11.5 Å². The molecule has 0 spiro atoms. The molecule has 0 aliphatic rings. The predicted octanol–water partition coefficient (Wildman–Crippen LogP) is 4.35. The van der Waals surface area contributed by atoms with Crippen LogP contribution >= 0.6 is 15.9 Å². The van der Waals surface area contributed by atoms with E-state index in [1.165, 1.54) is 13.2 Å². The summed E-state index contributed by atoms with van der Waals surface area (Å²) in [6, 6.07) is 15.1. The molecule has 2 aromatic rings. The Morgan fingerprint density at radius 3 is 2.24 bits per heavy atom. The molecule has 0 bridgehead atoms. The van der Waals surface area contributed by atoms with Crippen LogP contribution < -0.4 is 4.74 Å². The monoisotopic (exact) mass is 346 g/mol. The maximum absolute atomic E-state index is 11.5. The molecule has 0 atom stereocenters. The predicted molar refractivity (Wildman–Crippen MR) is 85.9 cm³/mol. The van der Waals surface area contributed by atoms with Crippen molar-refractivity contribution in [3.63, 3.8) is 0 Å². The second-order valence-electron chi connectivity index (χ2n) is 4.45. The highest BCUT2D eigenvalue weighted by Gasteiger charge is 2.08. The highest BCUT2D eigenvalue weighted by molar-refractivity contribution is 9.10. The average Bonchev–Trinajstić information content (AvgIpc) is 2.49. The summed E-state index contributed by atoms with van der Waals surface area (Å²) in [5.74, 6) is 0.650. The maximum atomic E-state index is 11.5. The Balaban J connectivity index is 2.32. The molecule has 2 rings (SSSR count). The summed E-state index contributed by atoms with van der Waals surface area (Å²) in [7, 11) is 1.34. The number of hydrogen-bond acceptors (Lipinski definition) is 3. The third-order valence-corrected chi connectivity index (χ3v) is 3.36. The zero-order chi connectivity index (χ0) is 15.2. The molecule has 0 N–H and O–H groups in total. The lowest BCUT2D eigenvalue weighted by Gasteiger charge is -2.10. The fraction of sp³-hybridized carbons (Fsp3) is 0.118. The summed E-state index contributed by atoms with van der Waals surface area (Å²) >= 11 is 3.38. The highest BCUT2D eigenvalue weighted by Crippen LogP contribution is 2.23. The van der Waals surface area contributed by atoms with Crippen LogP contribution in [0.15, 0.2) is 59.1 Å². The van der Waals surface area contributed by atoms with Crippen molar-refractivity contribution in [3.05, 3.63) is 70.2 Å². The van der Waals surface area contributed by atoms with Crippen LogP contribution in [0.2, 0.25) is 0 Å². The zero-order valence-electron chi connectivity index (χ0n) is 11.8. The minimum atomic E-state index is -0.458. The number of methoxy groups -OCH3 is 1. The van der Waals surface area contributed by atoms with Crippen LogP contribution in [-0.2, 0) is 9.53 Å². The molecule has 0 heterocycles. The molecule has 0 aliphatic heterocycles. The largest absolute Gasteiger partial charge is 0.466 e. The summed E-state index contributed by atoms with van der Waals surface area (Å²) in [5.41, 5.74) is 1.94. The van der Waals surface area contributed by atoms with Crippen LogP contribution in [0.4, 0.5) is 0 Å². The van der Waals surface area contributed by atoms with Gasteiger partial charge in [0.2, 0.25) is 0 Å². The minimum absolute atomic E-state index is 0.443. The number of carbonyl (C=O) groups excluding carboxylic acids is 1. The Labute approximate surface area is 132 Å². The van der Waals surface area contributed by atoms with Crippen LogP contribution in [0.3, 0.4) is 0 Å². The van der Waals surface area contributed by atoms with E-state index in [-0.39, 0.29) is 0 Å². The van der Waals surface area contributed by atoms with Gasteiger partial charge in [0.05, 0.1) is 13.2 Å². The number of ether oxygens (including phenoxy) is 2. The molecule has 0 aromatic heterocycles. The summed E-state index contributed by atoms with van der Waals surface area (Å²) in [6.45, 7) is 2.00. The molecule has 2 aromatic carbocycles. The molecule has 108 valence electrons. The zero-order valence-corrected chi connectivity index (χ0v) is 13.4. The molecule has 3 nitrogen and oxygen atoms in total. The Bertz CT molecular complexity index is 643. The van der Waals surface area contributed by atoms with Gasteiger partial charge in [-0.15, -0.1) is 0 Å². The molecule has 0 radical (unpaired) electrons. The van der Waals surface area contributed by atoms with Gasteiger partial charge in [0.25, 0.3) is 0 Å². The Kier molecular flexibility index (Phi) is 5.17. The molecule has 0 aliphatic carbocycles. The van der Waals surface area contributed by atoms with Gasteiger partial charge in [0.1, 0.15) is 11.5 Å². The molecular weight excluding hydrogens is 332 g/mol. The average molecular weight is 347 g/mol. The van der Waals surface area contributed by atoms with Gasteiger partial charge < -0.3 is 9.47 Å². The van der Waals surface area contributed by atoms with E-state index in [9.17, 15) is 4.79 Å². The fourth-order valence-electron chi connectivity index (χ4n) is 1.69. The molecular formula is C17H15BrO3. The normalized spacial score (nSPS) is 11.1. The van der Waals surface area contributed by atoms with Crippen LogP contribution in [0.5, 0.6) is 5.75 Å². The lowest BCUT2D eigenvalue weighted by molar-refractivity contribution is -0.134. The third-order valence-electron chi connectivity index (χ3n) is 2.83. The van der Waals surface area contributed by atoms with Crippen molar-refractivity contribution in [2.45, 2.75) is 6.92 Å². The van der Waals surface area contributed by atoms with Gasteiger partial charge in [0, 0.05) is 10.0 Å². The molecule has 0 unspecified atom stereocenters. The lowest BCUT2D eigenvalue weighted by Crippen LogP contribution is -2.02. The van der Waals surface area contributed by atoms with Gasteiger partial charge in [-0.1, -0.05) is 45.8 Å². The number of benzene rings is 2. The van der Waals surface area contributed by atoms with Gasteiger partial charge in [-0.3, -0.25) is 0 Å². The first-order valence-electron chi connectivity index (χ1n) is 6.38. The van der Waals surface area contributed by atoms with Crippen molar-refractivity contribution in [1.29, 1.82) is 0 Å². The Morgan fingerprint density at radius 1 is 1.05 bits per heavy atom. The van der Waals surface area contributed by atoms with Crippen molar-refractivity contribution in [2.24, 2.45) is 0 Å². The van der Waals surface area contributed by atoms with Crippen LogP contribution in [-0.4, -0.2) is 13.1 Å². The van der Waals surface area contributed by atoms with E-state index in [4.69, 9.17) is 4.74 Å². The highest BCUT2D eigenvalue weighted by atomic mass is 79.9. The van der Waals surface area contributed by atoms with Crippen molar-refractivity contribution in [2.75, 3.05) is 7.11 Å². The number of aryl methyl sites for hydroxylation is 1. The van der Waals surface area contributed by atoms with Crippen molar-refractivity contribution in [1.82, 2.24) is 0 Å². The lowest BCUT2D eigenvalue weighted by atomic mass is 10.2. The number of hydrogen-bond donors (Lipinski definition) is 0. The first-order chi connectivity index (χ1) is 10.1. The van der Waals surface area contributed by atoms with E-state index < -0.39 is 5.97 Å². The van der Waals surface area contributed by atoms with Crippen molar-refractivity contribution >= 4 is 27.7 Å². The second-order valence-corrected chi connectivity index (χ2v) is 5.37. The van der Waals surface area contributed by atoms with E-state index >= 15 is 0 Å². The smallest absolute Gasteiger partial charge is 0.334 e. The van der Waals surface area contributed by atoms with E-state index in [1.54, 1.807) is 0 Å². The van der Waals surface area contributed by atoms with Gasteiger partial charge in [-0.2, -0.15) is 0 Å². The van der Waals surface area contributed by atoms with Gasteiger partial charge >= 0.3 is 5.97 Å². The SMILES string of the molecule is COC(=O)/C=C(/Oc1ccc(C)cc1)c1ccc(Br)cc1. The van der Waals surface area contributed by atoms with E-state index in [0.717, 1.165) is 15.6 Å². The van der Waals surface area contributed by atoms with E-state index in [1.807, 2.05) is 55.5 Å². The van der Waals surface area contributed by atoms with E-state index in [2.05, 4.69) is 20.7 Å². The van der Waals surface area contributed by atoms with Gasteiger partial charge in [-0.05, 0) is 31.2 Å². The van der Waals surface area contributed by atoms with Crippen LogP contribution in [0.25, 0.3) is 5.76 Å². The van der Waals surface area contributed by atoms with Crippen molar-refractivity contribution in [3.8, 4) is 5.75 Å². The molecule has 0 amide bonds. The summed E-state index contributed by atoms with van der Waals surface area (Å²) < 4.78 is 11.4. The van der Waals surface area contributed by atoms with Crippen LogP contribution in [0, 0.1) is 6.92 Å². The minimum Gasteiger partial charge on any atom is -0.466 e. The molecule has 21 heavy (non-hydrogen) atoms. The van der Waals surface area contributed by atoms with Crippen LogP contribution in [0.1, 0.15) is 11.1 Å². The number of rotatable bonds is 4. The number of carbonyl (C=O) groups is 1. The summed E-state index contributed by atoms with van der Waals surface area (Å²) in [5, 5.41) is 0. The quantitative estimate of drug-likeness (QED) is 0.469. The molecule has 0 fully saturated rings. The standard InChI is InChI=1S/C17H15BrO3/c1-12-3-9-15(10-4-12)21-16(11-17(19)20-2)13-5-7-14(18)8-6-13/h3-11H,1-2H3/b16-11+. The maximum Gasteiger partial charge on any atom is 0.334 e. The Morgan fingerprint density at radius 2 is 1.67 bits per heavy atom. The number of halogens is 1. The first-order valence-corrected chi connectivity index (χ1v) is 7.18. The summed E-state index contributed by atoms with van der Waals surface area (Å²) in [4.78, 5) is 11.5. The first kappa shape index (κ1) is 15.3. The van der Waals surface area contributed by atoms with Crippen molar-refractivity contribution < 1.29 is 14.3 Å². The summed E-state index contributed by atoms with van der Waals surface area (Å²) in [6.07, 6.45) is 1.34. The molecule has 4 heteroatoms. The van der Waals surface area contributed by atoms with Gasteiger partial charge in [0.15, 0.2) is 0 Å². The Hall–Kier alpha value is -2.07. The fourth-order valence-corrected chi connectivity index (χ4v) is 1.95. The number of esters is 1. The molecule has 0 saturated carbocycles. The van der Waals surface area contributed by atoms with Gasteiger partial charge in [-0.25, -0.2) is 4.79 Å². The second kappa shape index (κ2) is 7.09.